The summed E-state index contributed by atoms with van der Waals surface area (Å²) in [5, 5.41) is 10.6. The van der Waals surface area contributed by atoms with E-state index in [1.165, 1.54) is 21.8 Å². The van der Waals surface area contributed by atoms with Gasteiger partial charge >= 0.3 is 5.69 Å². The number of thioether (sulfide) groups is 1. The van der Waals surface area contributed by atoms with Crippen LogP contribution in [0.25, 0.3) is 10.1 Å². The highest BCUT2D eigenvalue weighted by atomic mass is 32.2. The van der Waals surface area contributed by atoms with Crippen molar-refractivity contribution in [1.82, 2.24) is 20.5 Å². The third kappa shape index (κ3) is 3.40. The maximum absolute atomic E-state index is 12.0. The van der Waals surface area contributed by atoms with E-state index in [9.17, 15) is 9.59 Å². The number of amides is 1. The zero-order valence-corrected chi connectivity index (χ0v) is 13.4. The molecule has 1 aromatic carbocycles. The Bertz CT molecular complexity index is 819. The molecule has 2 aromatic heterocycles. The lowest BCUT2D eigenvalue weighted by Gasteiger charge is -2.11. The molecule has 1 amide bonds. The summed E-state index contributed by atoms with van der Waals surface area (Å²) in [4.78, 5) is 26.5. The van der Waals surface area contributed by atoms with Crippen molar-refractivity contribution >= 4 is 39.1 Å². The first-order chi connectivity index (χ1) is 10.6. The van der Waals surface area contributed by atoms with Crippen molar-refractivity contribution in [2.24, 2.45) is 0 Å². The highest BCUT2D eigenvalue weighted by Gasteiger charge is 2.13. The Hall–Kier alpha value is -2.06. The molecule has 0 fully saturated rings. The third-order valence-corrected chi connectivity index (χ3v) is 5.24. The quantitative estimate of drug-likeness (QED) is 0.624. The third-order valence-electron chi connectivity index (χ3n) is 3.07. The zero-order chi connectivity index (χ0) is 15.5. The summed E-state index contributed by atoms with van der Waals surface area (Å²) in [7, 11) is 0. The highest BCUT2D eigenvalue weighted by Crippen LogP contribution is 2.29. The Labute approximate surface area is 134 Å². The van der Waals surface area contributed by atoms with Gasteiger partial charge < -0.3 is 5.32 Å². The first kappa shape index (κ1) is 14.9. The van der Waals surface area contributed by atoms with Crippen LogP contribution in [0.15, 0.2) is 40.3 Å². The van der Waals surface area contributed by atoms with Gasteiger partial charge in [-0.1, -0.05) is 30.0 Å². The number of hydrogen-bond donors (Lipinski definition) is 3. The summed E-state index contributed by atoms with van der Waals surface area (Å²) in [5.74, 6) is 0.106. The second kappa shape index (κ2) is 6.37. The summed E-state index contributed by atoms with van der Waals surface area (Å²) in [5.41, 5.74) is -0.374. The molecule has 0 bridgehead atoms. The normalized spacial score (nSPS) is 12.4. The molecular weight excluding hydrogens is 320 g/mol. The maximum atomic E-state index is 12.0. The van der Waals surface area contributed by atoms with Crippen LogP contribution in [0.1, 0.15) is 17.8 Å². The van der Waals surface area contributed by atoms with Crippen molar-refractivity contribution < 1.29 is 4.79 Å². The number of carbonyl (C=O) groups excluding carboxylic acids is 1. The minimum Gasteiger partial charge on any atom is -0.348 e. The van der Waals surface area contributed by atoms with Crippen LogP contribution in [0.2, 0.25) is 0 Å². The number of H-pyrrole nitrogens is 2. The zero-order valence-electron chi connectivity index (χ0n) is 11.8. The molecule has 0 saturated carbocycles. The molecule has 0 radical (unpaired) electrons. The van der Waals surface area contributed by atoms with E-state index in [-0.39, 0.29) is 23.4 Å². The van der Waals surface area contributed by atoms with Crippen LogP contribution in [-0.2, 0) is 4.79 Å². The number of nitrogens with one attached hydrogen (secondary N) is 3. The predicted molar refractivity (Wildman–Crippen MR) is 88.3 cm³/mol. The Kier molecular flexibility index (Phi) is 4.30. The average Bonchev–Trinajstić information content (AvgIpc) is 3.11. The van der Waals surface area contributed by atoms with Gasteiger partial charge in [0.25, 0.3) is 0 Å². The number of hydrogen-bond acceptors (Lipinski definition) is 5. The standard InChI is InChI=1S/C14H14N4O2S2/c1-8(11-6-9-4-2-3-5-10(9)22-11)15-12(19)7-21-14-16-13(20)17-18-14/h2-6,8H,7H2,1H3,(H,15,19)(H2,16,17,18,20). The molecule has 22 heavy (non-hydrogen) atoms. The number of benzene rings is 1. The Balaban J connectivity index is 1.59. The minimum atomic E-state index is -0.374. The van der Waals surface area contributed by atoms with E-state index >= 15 is 0 Å². The van der Waals surface area contributed by atoms with Crippen LogP contribution in [-0.4, -0.2) is 26.8 Å². The fourth-order valence-corrected chi connectivity index (χ4v) is 3.72. The molecule has 1 unspecified atom stereocenters. The van der Waals surface area contributed by atoms with E-state index < -0.39 is 0 Å². The van der Waals surface area contributed by atoms with Crippen LogP contribution in [0.3, 0.4) is 0 Å². The molecule has 3 rings (SSSR count). The number of thiophene rings is 1. The van der Waals surface area contributed by atoms with Crippen LogP contribution in [0, 0.1) is 0 Å². The van der Waals surface area contributed by atoms with Crippen molar-refractivity contribution in [2.45, 2.75) is 18.1 Å². The van der Waals surface area contributed by atoms with Gasteiger partial charge in [-0.15, -0.1) is 16.4 Å². The van der Waals surface area contributed by atoms with E-state index in [0.717, 1.165) is 4.88 Å². The van der Waals surface area contributed by atoms with E-state index in [0.29, 0.717) is 5.16 Å². The predicted octanol–water partition coefficient (Wildman–Crippen LogP) is 2.28. The second-order valence-electron chi connectivity index (χ2n) is 4.75. The number of aromatic amines is 2. The van der Waals surface area contributed by atoms with Crippen molar-refractivity contribution in [3.05, 3.63) is 45.7 Å². The first-order valence-electron chi connectivity index (χ1n) is 6.67. The molecule has 3 aromatic rings. The Morgan fingerprint density at radius 3 is 3.00 bits per heavy atom. The highest BCUT2D eigenvalue weighted by molar-refractivity contribution is 7.99. The van der Waals surface area contributed by atoms with Gasteiger partial charge in [-0.05, 0) is 24.4 Å². The fraction of sp³-hybridized carbons (Fsp3) is 0.214. The van der Waals surface area contributed by atoms with Crippen molar-refractivity contribution in [3.63, 3.8) is 0 Å². The minimum absolute atomic E-state index is 0.0521. The summed E-state index contributed by atoms with van der Waals surface area (Å²) < 4.78 is 1.21. The number of carbonyl (C=O) groups is 1. The van der Waals surface area contributed by atoms with Gasteiger partial charge in [0, 0.05) is 9.58 Å². The van der Waals surface area contributed by atoms with Gasteiger partial charge in [0.05, 0.1) is 11.8 Å². The topological polar surface area (TPSA) is 90.6 Å². The first-order valence-corrected chi connectivity index (χ1v) is 8.47. The van der Waals surface area contributed by atoms with Crippen molar-refractivity contribution in [1.29, 1.82) is 0 Å². The monoisotopic (exact) mass is 334 g/mol. The molecule has 114 valence electrons. The summed E-state index contributed by atoms with van der Waals surface area (Å²) in [6.07, 6.45) is 0. The maximum Gasteiger partial charge on any atom is 0.341 e. The lowest BCUT2D eigenvalue weighted by atomic mass is 10.2. The molecular formula is C14H14N4O2S2. The lowest BCUT2D eigenvalue weighted by molar-refractivity contribution is -0.119. The summed E-state index contributed by atoms with van der Waals surface area (Å²) >= 11 is 2.86. The average molecular weight is 334 g/mol. The molecule has 3 N–H and O–H groups in total. The van der Waals surface area contributed by atoms with Gasteiger partial charge in [0.2, 0.25) is 5.91 Å². The molecule has 0 saturated heterocycles. The second-order valence-corrected chi connectivity index (χ2v) is 6.83. The summed E-state index contributed by atoms with van der Waals surface area (Å²) in [6, 6.07) is 10.2. The lowest BCUT2D eigenvalue weighted by Crippen LogP contribution is -2.27. The summed E-state index contributed by atoms with van der Waals surface area (Å²) in [6.45, 7) is 1.96. The molecule has 0 aliphatic rings. The Morgan fingerprint density at radius 1 is 1.45 bits per heavy atom. The van der Waals surface area contributed by atoms with Crippen molar-refractivity contribution in [2.75, 3.05) is 5.75 Å². The largest absolute Gasteiger partial charge is 0.348 e. The molecule has 0 spiro atoms. The van der Waals surface area contributed by atoms with Gasteiger partial charge in [-0.3, -0.25) is 9.78 Å². The molecule has 0 aliphatic carbocycles. The van der Waals surface area contributed by atoms with E-state index in [1.807, 2.05) is 19.1 Å². The molecule has 2 heterocycles. The smallest absolute Gasteiger partial charge is 0.341 e. The Morgan fingerprint density at radius 2 is 2.27 bits per heavy atom. The van der Waals surface area contributed by atoms with E-state index in [2.05, 4.69) is 38.7 Å². The van der Waals surface area contributed by atoms with Crippen LogP contribution >= 0.6 is 23.1 Å². The molecule has 6 nitrogen and oxygen atoms in total. The van der Waals surface area contributed by atoms with Crippen LogP contribution in [0.4, 0.5) is 0 Å². The SMILES string of the molecule is CC(NC(=O)CSc1n[nH]c(=O)[nH]1)c1cc2ccccc2s1. The molecule has 1 atom stereocenters. The van der Waals surface area contributed by atoms with E-state index in [4.69, 9.17) is 0 Å². The van der Waals surface area contributed by atoms with Crippen LogP contribution in [0.5, 0.6) is 0 Å². The van der Waals surface area contributed by atoms with Gasteiger partial charge in [0.15, 0.2) is 5.16 Å². The van der Waals surface area contributed by atoms with Gasteiger partial charge in [0.1, 0.15) is 0 Å². The van der Waals surface area contributed by atoms with Crippen LogP contribution < -0.4 is 11.0 Å². The molecule has 0 aliphatic heterocycles. The van der Waals surface area contributed by atoms with Crippen molar-refractivity contribution in [3.8, 4) is 0 Å². The fourth-order valence-electron chi connectivity index (χ4n) is 2.03. The van der Waals surface area contributed by atoms with Gasteiger partial charge in [-0.25, -0.2) is 9.89 Å². The number of fused-ring (bicyclic) bond motifs is 1. The van der Waals surface area contributed by atoms with Gasteiger partial charge in [-0.2, -0.15) is 0 Å². The number of rotatable bonds is 5. The van der Waals surface area contributed by atoms with E-state index in [1.54, 1.807) is 11.3 Å². The number of nitrogens with zero attached hydrogens (tertiary/aromatic N) is 1. The molecule has 8 heteroatoms. The number of aromatic nitrogens is 3.